The summed E-state index contributed by atoms with van der Waals surface area (Å²) in [6.45, 7) is 6.56. The molecule has 8 heteroatoms. The van der Waals surface area contributed by atoms with Crippen LogP contribution in [0.2, 0.25) is 5.02 Å². The molecule has 2 heterocycles. The van der Waals surface area contributed by atoms with E-state index < -0.39 is 0 Å². The first-order valence-corrected chi connectivity index (χ1v) is 12.3. The first kappa shape index (κ1) is 23.5. The molecule has 0 unspecified atom stereocenters. The van der Waals surface area contributed by atoms with Crippen molar-refractivity contribution in [3.05, 3.63) is 70.2 Å². The zero-order chi connectivity index (χ0) is 23.5. The quantitative estimate of drug-likeness (QED) is 0.272. The van der Waals surface area contributed by atoms with Crippen LogP contribution in [0.4, 0.5) is 0 Å². The highest BCUT2D eigenvalue weighted by atomic mass is 35.5. The summed E-state index contributed by atoms with van der Waals surface area (Å²) >= 11 is 13.3. The van der Waals surface area contributed by atoms with Crippen molar-refractivity contribution < 1.29 is 9.53 Å². The number of hydrogen-bond acceptors (Lipinski definition) is 5. The molecule has 0 aliphatic carbocycles. The minimum absolute atomic E-state index is 0.00406. The van der Waals surface area contributed by atoms with Crippen LogP contribution in [0.5, 0.6) is 5.75 Å². The molecule has 0 bridgehead atoms. The monoisotopic (exact) mass is 497 g/mol. The molecule has 1 saturated heterocycles. The number of thiocarbonyl (C=S) groups is 1. The standard InChI is InChI=1S/C25H24ClN3O2S2/c1-4-12-31-21-11-10-17(13-20(21)26)23-18(15-28(27-23)19-8-6-5-7-9-19)14-22-24(30)29(16(2)3)25(32)33-22/h5-11,13-16H,4,12H2,1-3H3/b22-14+. The van der Waals surface area contributed by atoms with Crippen molar-refractivity contribution in [1.29, 1.82) is 0 Å². The number of rotatable bonds is 7. The van der Waals surface area contributed by atoms with Crippen molar-refractivity contribution >= 4 is 51.9 Å². The zero-order valence-corrected chi connectivity index (χ0v) is 21.0. The maximum Gasteiger partial charge on any atom is 0.266 e. The molecular formula is C25H24ClN3O2S2. The number of carbonyl (C=O) groups excluding carboxylic acids is 1. The van der Waals surface area contributed by atoms with Gasteiger partial charge in [0.05, 0.1) is 22.2 Å². The minimum Gasteiger partial charge on any atom is -0.492 e. The molecule has 5 nitrogen and oxygen atoms in total. The van der Waals surface area contributed by atoms with Crippen LogP contribution < -0.4 is 4.74 Å². The van der Waals surface area contributed by atoms with Crippen molar-refractivity contribution in [1.82, 2.24) is 14.7 Å². The second-order valence-electron chi connectivity index (χ2n) is 7.85. The lowest BCUT2D eigenvalue weighted by Crippen LogP contribution is -2.34. The lowest BCUT2D eigenvalue weighted by atomic mass is 10.1. The van der Waals surface area contributed by atoms with E-state index in [-0.39, 0.29) is 11.9 Å². The number of amides is 1. The average Bonchev–Trinajstić information content (AvgIpc) is 3.34. The van der Waals surface area contributed by atoms with Gasteiger partial charge in [0.2, 0.25) is 0 Å². The number of hydrogen-bond donors (Lipinski definition) is 0. The van der Waals surface area contributed by atoms with E-state index in [1.807, 2.05) is 81.6 Å². The molecule has 1 fully saturated rings. The first-order valence-electron chi connectivity index (χ1n) is 10.7. The fourth-order valence-corrected chi connectivity index (χ4v) is 5.22. The van der Waals surface area contributed by atoms with Gasteiger partial charge in [0.1, 0.15) is 15.8 Å². The number of benzene rings is 2. The maximum atomic E-state index is 13.0. The van der Waals surface area contributed by atoms with Crippen molar-refractivity contribution in [3.63, 3.8) is 0 Å². The Hall–Kier alpha value is -2.61. The summed E-state index contributed by atoms with van der Waals surface area (Å²) in [5, 5.41) is 5.35. The van der Waals surface area contributed by atoms with E-state index in [0.717, 1.165) is 28.9 Å². The van der Waals surface area contributed by atoms with Gasteiger partial charge in [-0.15, -0.1) is 0 Å². The maximum absolute atomic E-state index is 13.0. The van der Waals surface area contributed by atoms with E-state index in [2.05, 4.69) is 0 Å². The molecule has 0 spiro atoms. The average molecular weight is 498 g/mol. The van der Waals surface area contributed by atoms with Gasteiger partial charge < -0.3 is 4.74 Å². The van der Waals surface area contributed by atoms with Gasteiger partial charge in [-0.3, -0.25) is 9.69 Å². The molecule has 3 aromatic rings. The Balaban J connectivity index is 1.79. The molecule has 1 amide bonds. The van der Waals surface area contributed by atoms with Crippen LogP contribution in [0.15, 0.2) is 59.6 Å². The highest BCUT2D eigenvalue weighted by Gasteiger charge is 2.34. The Kier molecular flexibility index (Phi) is 7.22. The number of para-hydroxylation sites is 1. The van der Waals surface area contributed by atoms with E-state index in [9.17, 15) is 4.79 Å². The smallest absolute Gasteiger partial charge is 0.266 e. The molecule has 2 aromatic carbocycles. The first-order chi connectivity index (χ1) is 15.9. The van der Waals surface area contributed by atoms with Gasteiger partial charge in [-0.1, -0.05) is 60.7 Å². The molecule has 1 aliphatic rings. The second kappa shape index (κ2) is 10.1. The third-order valence-electron chi connectivity index (χ3n) is 5.06. The predicted molar refractivity (Wildman–Crippen MR) is 140 cm³/mol. The SMILES string of the molecule is CCCOc1ccc(-c2nn(-c3ccccc3)cc2/C=C2/SC(=S)N(C(C)C)C2=O)cc1Cl. The van der Waals surface area contributed by atoms with Gasteiger partial charge in [-0.05, 0) is 56.7 Å². The molecule has 170 valence electrons. The van der Waals surface area contributed by atoms with Crippen LogP contribution in [0.1, 0.15) is 32.8 Å². The van der Waals surface area contributed by atoms with Crippen LogP contribution in [0, 0.1) is 0 Å². The number of carbonyl (C=O) groups is 1. The van der Waals surface area contributed by atoms with E-state index in [1.165, 1.54) is 11.8 Å². The summed E-state index contributed by atoms with van der Waals surface area (Å²) in [5.74, 6) is 0.559. The van der Waals surface area contributed by atoms with Gasteiger partial charge in [-0.2, -0.15) is 5.10 Å². The molecule has 1 aromatic heterocycles. The van der Waals surface area contributed by atoms with Gasteiger partial charge in [0.25, 0.3) is 5.91 Å². The molecule has 0 saturated carbocycles. The number of thioether (sulfide) groups is 1. The fourth-order valence-electron chi connectivity index (χ4n) is 3.47. The van der Waals surface area contributed by atoms with Gasteiger partial charge >= 0.3 is 0 Å². The Morgan fingerprint density at radius 2 is 1.97 bits per heavy atom. The van der Waals surface area contributed by atoms with Crippen LogP contribution >= 0.6 is 35.6 Å². The predicted octanol–water partition coefficient (Wildman–Crippen LogP) is 6.59. The Morgan fingerprint density at radius 3 is 2.61 bits per heavy atom. The van der Waals surface area contributed by atoms with E-state index in [0.29, 0.717) is 26.6 Å². The number of nitrogens with zero attached hydrogens (tertiary/aromatic N) is 3. The molecule has 0 N–H and O–H groups in total. The van der Waals surface area contributed by atoms with E-state index in [4.69, 9.17) is 33.7 Å². The lowest BCUT2D eigenvalue weighted by molar-refractivity contribution is -0.123. The Bertz CT molecular complexity index is 1220. The van der Waals surface area contributed by atoms with Crippen molar-refractivity contribution in [3.8, 4) is 22.7 Å². The molecule has 0 atom stereocenters. The summed E-state index contributed by atoms with van der Waals surface area (Å²) < 4.78 is 8.09. The largest absolute Gasteiger partial charge is 0.492 e. The summed E-state index contributed by atoms with van der Waals surface area (Å²) in [6.07, 6.45) is 4.68. The molecular weight excluding hydrogens is 474 g/mol. The summed E-state index contributed by atoms with van der Waals surface area (Å²) in [5.41, 5.74) is 3.28. The summed E-state index contributed by atoms with van der Waals surface area (Å²) in [4.78, 5) is 15.2. The van der Waals surface area contributed by atoms with Crippen LogP contribution in [0.3, 0.4) is 0 Å². The van der Waals surface area contributed by atoms with E-state index >= 15 is 0 Å². The van der Waals surface area contributed by atoms with Crippen LogP contribution in [-0.2, 0) is 4.79 Å². The normalized spacial score (nSPS) is 15.2. The van der Waals surface area contributed by atoms with Crippen molar-refractivity contribution in [2.24, 2.45) is 0 Å². The number of halogens is 1. The minimum atomic E-state index is -0.0836. The number of ether oxygens (including phenoxy) is 1. The second-order valence-corrected chi connectivity index (χ2v) is 9.94. The molecule has 1 aliphatic heterocycles. The zero-order valence-electron chi connectivity index (χ0n) is 18.6. The highest BCUT2D eigenvalue weighted by Crippen LogP contribution is 2.37. The molecule has 0 radical (unpaired) electrons. The highest BCUT2D eigenvalue weighted by molar-refractivity contribution is 8.26. The summed E-state index contributed by atoms with van der Waals surface area (Å²) in [7, 11) is 0. The molecule has 33 heavy (non-hydrogen) atoms. The Morgan fingerprint density at radius 1 is 1.21 bits per heavy atom. The van der Waals surface area contributed by atoms with Gasteiger partial charge in [-0.25, -0.2) is 4.68 Å². The van der Waals surface area contributed by atoms with Crippen LogP contribution in [-0.4, -0.2) is 37.6 Å². The lowest BCUT2D eigenvalue weighted by Gasteiger charge is -2.18. The van der Waals surface area contributed by atoms with Crippen molar-refractivity contribution in [2.45, 2.75) is 33.2 Å². The third-order valence-corrected chi connectivity index (χ3v) is 6.68. The van der Waals surface area contributed by atoms with Crippen LogP contribution in [0.25, 0.3) is 23.0 Å². The topological polar surface area (TPSA) is 47.4 Å². The third kappa shape index (κ3) is 5.00. The Labute approximate surface area is 208 Å². The fraction of sp³-hybridized carbons (Fsp3) is 0.240. The van der Waals surface area contributed by atoms with Gasteiger partial charge in [0.15, 0.2) is 0 Å². The van der Waals surface area contributed by atoms with Gasteiger partial charge in [0, 0.05) is 23.4 Å². The number of aromatic nitrogens is 2. The van der Waals surface area contributed by atoms with E-state index in [1.54, 1.807) is 9.58 Å². The summed E-state index contributed by atoms with van der Waals surface area (Å²) in [6, 6.07) is 15.5. The molecule has 4 rings (SSSR count). The van der Waals surface area contributed by atoms with Crippen molar-refractivity contribution in [2.75, 3.05) is 6.61 Å².